The van der Waals surface area contributed by atoms with E-state index < -0.39 is 35.8 Å². The summed E-state index contributed by atoms with van der Waals surface area (Å²) in [4.78, 5) is 46.0. The summed E-state index contributed by atoms with van der Waals surface area (Å²) in [6.07, 6.45) is -3.45. The van der Waals surface area contributed by atoms with Gasteiger partial charge in [0.1, 0.15) is 6.04 Å². The summed E-state index contributed by atoms with van der Waals surface area (Å²) < 4.78 is 48.0. The molecule has 4 amide bonds. The van der Waals surface area contributed by atoms with E-state index in [1.165, 1.54) is 34.1 Å². The Morgan fingerprint density at radius 1 is 1.07 bits per heavy atom. The van der Waals surface area contributed by atoms with Gasteiger partial charge < -0.3 is 19.9 Å². The minimum Gasteiger partial charge on any atom is -0.372 e. The largest absolute Gasteiger partial charge is 0.416 e. The fourth-order valence-electron chi connectivity index (χ4n) is 6.06. The number of alkyl halides is 3. The van der Waals surface area contributed by atoms with E-state index in [0.29, 0.717) is 13.1 Å². The molecule has 0 radical (unpaired) electrons. The van der Waals surface area contributed by atoms with Crippen molar-refractivity contribution in [2.45, 2.75) is 50.7 Å². The molecule has 0 unspecified atom stereocenters. The molecular weight excluding hydrogens is 549 g/mol. The molecular formula is C31H33F3N4O4. The topological polar surface area (TPSA) is 82.2 Å². The molecule has 5 rings (SSSR count). The van der Waals surface area contributed by atoms with Crippen molar-refractivity contribution in [3.63, 3.8) is 0 Å². The first kappa shape index (κ1) is 29.4. The van der Waals surface area contributed by atoms with Gasteiger partial charge in [-0.25, -0.2) is 4.79 Å². The van der Waals surface area contributed by atoms with Gasteiger partial charge in [0.15, 0.2) is 0 Å². The van der Waals surface area contributed by atoms with Crippen LogP contribution in [0.25, 0.3) is 0 Å². The van der Waals surface area contributed by atoms with Crippen molar-refractivity contribution >= 4 is 17.8 Å². The molecule has 0 aromatic heterocycles. The molecule has 0 spiro atoms. The van der Waals surface area contributed by atoms with Crippen LogP contribution in [0.15, 0.2) is 78.5 Å². The number of hydrogen-bond acceptors (Lipinski definition) is 4. The molecule has 222 valence electrons. The van der Waals surface area contributed by atoms with Crippen LogP contribution in [0.3, 0.4) is 0 Å². The van der Waals surface area contributed by atoms with Crippen LogP contribution in [0.5, 0.6) is 0 Å². The SMILES string of the molecule is C=CCN1C(=O)N[C@H](c2ccccc2C(F)(F)F)C2=C1CN([C@H](Cc1ccccc1)C(=O)N1C[C@H](C)O[C@@H](C)C1)C2=O. The van der Waals surface area contributed by atoms with Gasteiger partial charge in [-0.3, -0.25) is 14.5 Å². The molecule has 2 aromatic rings. The van der Waals surface area contributed by atoms with Gasteiger partial charge in [0.25, 0.3) is 5.91 Å². The Morgan fingerprint density at radius 2 is 1.71 bits per heavy atom. The highest BCUT2D eigenvalue weighted by molar-refractivity contribution is 6.03. The Hall–Kier alpha value is -4.12. The van der Waals surface area contributed by atoms with Crippen molar-refractivity contribution in [2.24, 2.45) is 0 Å². The minimum atomic E-state index is -4.71. The molecule has 1 fully saturated rings. The van der Waals surface area contributed by atoms with Crippen LogP contribution in [-0.4, -0.2) is 77.0 Å². The summed E-state index contributed by atoms with van der Waals surface area (Å²) in [7, 11) is 0. The number of ether oxygens (including phenoxy) is 1. The number of amides is 4. The third kappa shape index (κ3) is 5.65. The first-order valence-corrected chi connectivity index (χ1v) is 13.9. The first-order chi connectivity index (χ1) is 20.0. The minimum absolute atomic E-state index is 0.0164. The number of halogens is 3. The summed E-state index contributed by atoms with van der Waals surface area (Å²) in [5.41, 5.74) is -0.0817. The van der Waals surface area contributed by atoms with Gasteiger partial charge >= 0.3 is 12.2 Å². The van der Waals surface area contributed by atoms with Gasteiger partial charge in [-0.1, -0.05) is 54.6 Å². The predicted octanol–water partition coefficient (Wildman–Crippen LogP) is 4.30. The quantitative estimate of drug-likeness (QED) is 0.494. The van der Waals surface area contributed by atoms with E-state index in [-0.39, 0.29) is 54.5 Å². The Kier molecular flexibility index (Phi) is 8.14. The number of carbonyl (C=O) groups is 3. The second kappa shape index (κ2) is 11.6. The van der Waals surface area contributed by atoms with E-state index in [2.05, 4.69) is 11.9 Å². The van der Waals surface area contributed by atoms with Gasteiger partial charge in [-0.15, -0.1) is 6.58 Å². The van der Waals surface area contributed by atoms with Gasteiger partial charge in [-0.05, 0) is 31.0 Å². The Labute approximate surface area is 242 Å². The number of hydrogen-bond donors (Lipinski definition) is 1. The number of rotatable bonds is 7. The van der Waals surface area contributed by atoms with E-state index in [0.717, 1.165) is 11.6 Å². The molecule has 3 aliphatic rings. The monoisotopic (exact) mass is 582 g/mol. The fraction of sp³-hybridized carbons (Fsp3) is 0.387. The molecule has 1 saturated heterocycles. The molecule has 4 atom stereocenters. The summed E-state index contributed by atoms with van der Waals surface area (Å²) in [5.74, 6) is -0.875. The molecule has 0 bridgehead atoms. The van der Waals surface area contributed by atoms with Crippen LogP contribution in [-0.2, 0) is 26.9 Å². The van der Waals surface area contributed by atoms with Crippen LogP contribution in [0.4, 0.5) is 18.0 Å². The molecule has 0 saturated carbocycles. The lowest BCUT2D eigenvalue weighted by Gasteiger charge is -2.39. The zero-order valence-corrected chi connectivity index (χ0v) is 23.4. The molecule has 8 nitrogen and oxygen atoms in total. The van der Waals surface area contributed by atoms with Crippen molar-refractivity contribution in [1.29, 1.82) is 0 Å². The maximum atomic E-state index is 14.3. The van der Waals surface area contributed by atoms with Crippen molar-refractivity contribution in [3.8, 4) is 0 Å². The third-order valence-electron chi connectivity index (χ3n) is 7.80. The zero-order chi connectivity index (χ0) is 30.2. The number of urea groups is 1. The van der Waals surface area contributed by atoms with Gasteiger partial charge in [-0.2, -0.15) is 13.2 Å². The van der Waals surface area contributed by atoms with E-state index in [9.17, 15) is 27.6 Å². The lowest BCUT2D eigenvalue weighted by atomic mass is 9.91. The highest BCUT2D eigenvalue weighted by atomic mass is 19.4. The van der Waals surface area contributed by atoms with Crippen molar-refractivity contribution in [3.05, 3.63) is 95.2 Å². The highest BCUT2D eigenvalue weighted by Gasteiger charge is 2.49. The van der Waals surface area contributed by atoms with E-state index in [1.807, 2.05) is 44.2 Å². The average Bonchev–Trinajstić information content (AvgIpc) is 3.29. The van der Waals surface area contributed by atoms with Gasteiger partial charge in [0, 0.05) is 26.1 Å². The lowest BCUT2D eigenvalue weighted by molar-refractivity contribution is -0.151. The third-order valence-corrected chi connectivity index (χ3v) is 7.80. The van der Waals surface area contributed by atoms with E-state index >= 15 is 0 Å². The zero-order valence-electron chi connectivity index (χ0n) is 23.4. The predicted molar refractivity (Wildman–Crippen MR) is 149 cm³/mol. The van der Waals surface area contributed by atoms with Gasteiger partial charge in [0.2, 0.25) is 5.91 Å². The van der Waals surface area contributed by atoms with Crippen LogP contribution in [0, 0.1) is 0 Å². The Bertz CT molecular complexity index is 1400. The highest BCUT2D eigenvalue weighted by Crippen LogP contribution is 2.42. The van der Waals surface area contributed by atoms with Crippen LogP contribution < -0.4 is 5.32 Å². The summed E-state index contributed by atoms with van der Waals surface area (Å²) in [5, 5.41) is 2.62. The second-order valence-corrected chi connectivity index (χ2v) is 10.9. The maximum absolute atomic E-state index is 14.3. The molecule has 42 heavy (non-hydrogen) atoms. The fourth-order valence-corrected chi connectivity index (χ4v) is 6.06. The Balaban J connectivity index is 1.57. The number of benzene rings is 2. The summed E-state index contributed by atoms with van der Waals surface area (Å²) in [6.45, 7) is 8.05. The van der Waals surface area contributed by atoms with Crippen molar-refractivity contribution in [1.82, 2.24) is 20.0 Å². The number of nitrogens with one attached hydrogen (secondary N) is 1. The standard InChI is InChI=1S/C31H33F3N4O4/c1-4-14-37-25-18-38(24(15-21-10-6-5-7-11-21)28(39)36-16-19(2)42-20(3)17-36)29(40)26(25)27(35-30(37)41)22-12-8-9-13-23(22)31(32,33)34/h4-13,19-20,24,27H,1,14-18H2,2-3H3,(H,35,41)/t19-,20-,24+,27+/m0/s1. The smallest absolute Gasteiger partial charge is 0.372 e. The van der Waals surface area contributed by atoms with Crippen molar-refractivity contribution < 1.29 is 32.3 Å². The normalized spacial score (nSPS) is 23.5. The first-order valence-electron chi connectivity index (χ1n) is 13.9. The average molecular weight is 583 g/mol. The van der Waals surface area contributed by atoms with Crippen LogP contribution >= 0.6 is 0 Å². The lowest BCUT2D eigenvalue weighted by Crippen LogP contribution is -2.56. The second-order valence-electron chi connectivity index (χ2n) is 10.9. The van der Waals surface area contributed by atoms with E-state index in [4.69, 9.17) is 4.74 Å². The Morgan fingerprint density at radius 3 is 2.36 bits per heavy atom. The summed E-state index contributed by atoms with van der Waals surface area (Å²) >= 11 is 0. The molecule has 3 aliphatic heterocycles. The molecule has 0 aliphatic carbocycles. The number of nitrogens with zero attached hydrogens (tertiary/aromatic N) is 3. The van der Waals surface area contributed by atoms with Crippen molar-refractivity contribution in [2.75, 3.05) is 26.2 Å². The molecule has 2 aromatic carbocycles. The van der Waals surface area contributed by atoms with Gasteiger partial charge in [0.05, 0.1) is 41.6 Å². The summed E-state index contributed by atoms with van der Waals surface area (Å²) in [6, 6.07) is 11.2. The number of morpholine rings is 1. The molecule has 1 N–H and O–H groups in total. The molecule has 3 heterocycles. The van der Waals surface area contributed by atoms with Crippen LogP contribution in [0.2, 0.25) is 0 Å². The number of carbonyl (C=O) groups excluding carboxylic acids is 3. The maximum Gasteiger partial charge on any atom is 0.416 e. The van der Waals surface area contributed by atoms with E-state index in [1.54, 1.807) is 4.90 Å². The van der Waals surface area contributed by atoms with Crippen LogP contribution in [0.1, 0.15) is 36.6 Å². The molecule has 11 heteroatoms.